The number of hydrogen-bond acceptors (Lipinski definition) is 6. The van der Waals surface area contributed by atoms with Gasteiger partial charge in [0.25, 0.3) is 5.56 Å². The lowest BCUT2D eigenvalue weighted by atomic mass is 9.98. The molecule has 0 radical (unpaired) electrons. The number of nitrogens with zero attached hydrogens (tertiary/aromatic N) is 2. The standard InChI is InChI=1S/C23H25N3O5S/c1-15-6-8-18(9-7-15)32(29,30)26-12-10-17(11-13-26)23(28)31-14-20-24-21-16(2)4-3-5-19(21)22(27)25-20/h3-9,17H,10-14H2,1-2H3,(H,24,25,27). The number of fused-ring (bicyclic) bond motifs is 1. The molecule has 1 aliphatic heterocycles. The Morgan fingerprint density at radius 2 is 1.81 bits per heavy atom. The second kappa shape index (κ2) is 8.84. The molecule has 168 valence electrons. The van der Waals surface area contributed by atoms with Crippen LogP contribution in [0, 0.1) is 19.8 Å². The lowest BCUT2D eigenvalue weighted by Crippen LogP contribution is -2.40. The summed E-state index contributed by atoms with van der Waals surface area (Å²) in [5, 5.41) is 0.488. The van der Waals surface area contributed by atoms with Crippen molar-refractivity contribution in [3.8, 4) is 0 Å². The number of para-hydroxylation sites is 1. The first-order valence-corrected chi connectivity index (χ1v) is 11.9. The van der Waals surface area contributed by atoms with E-state index in [0.717, 1.165) is 11.1 Å². The number of H-pyrrole nitrogens is 1. The molecule has 1 aliphatic rings. The van der Waals surface area contributed by atoms with Gasteiger partial charge in [-0.2, -0.15) is 4.31 Å². The topological polar surface area (TPSA) is 109 Å². The quantitative estimate of drug-likeness (QED) is 0.593. The van der Waals surface area contributed by atoms with E-state index in [1.807, 2.05) is 19.9 Å². The van der Waals surface area contributed by atoms with E-state index in [-0.39, 0.29) is 36.0 Å². The number of hydrogen-bond donors (Lipinski definition) is 1. The van der Waals surface area contributed by atoms with Crippen LogP contribution in [-0.2, 0) is 26.2 Å². The van der Waals surface area contributed by atoms with Gasteiger partial charge in [-0.15, -0.1) is 0 Å². The summed E-state index contributed by atoms with van der Waals surface area (Å²) in [6.07, 6.45) is 0.759. The van der Waals surface area contributed by atoms with Crippen LogP contribution >= 0.6 is 0 Å². The van der Waals surface area contributed by atoms with Gasteiger partial charge in [-0.05, 0) is 50.5 Å². The van der Waals surface area contributed by atoms with Crippen molar-refractivity contribution in [2.24, 2.45) is 5.92 Å². The van der Waals surface area contributed by atoms with Crippen LogP contribution in [0.5, 0.6) is 0 Å². The maximum atomic E-state index is 12.8. The predicted octanol–water partition coefficient (Wildman–Crippen LogP) is 2.68. The molecule has 0 bridgehead atoms. The molecule has 2 aromatic carbocycles. The number of esters is 1. The highest BCUT2D eigenvalue weighted by molar-refractivity contribution is 7.89. The van der Waals surface area contributed by atoms with Crippen LogP contribution < -0.4 is 5.56 Å². The summed E-state index contributed by atoms with van der Waals surface area (Å²) in [5.41, 5.74) is 2.16. The van der Waals surface area contributed by atoms with E-state index < -0.39 is 21.9 Å². The molecule has 0 unspecified atom stereocenters. The van der Waals surface area contributed by atoms with E-state index in [2.05, 4.69) is 9.97 Å². The zero-order chi connectivity index (χ0) is 22.9. The summed E-state index contributed by atoms with van der Waals surface area (Å²) < 4.78 is 32.4. The fourth-order valence-corrected chi connectivity index (χ4v) is 5.34. The van der Waals surface area contributed by atoms with E-state index in [0.29, 0.717) is 23.7 Å². The van der Waals surface area contributed by atoms with E-state index >= 15 is 0 Å². The zero-order valence-corrected chi connectivity index (χ0v) is 18.8. The number of ether oxygens (including phenoxy) is 1. The van der Waals surface area contributed by atoms with Gasteiger partial charge in [-0.1, -0.05) is 29.8 Å². The number of aromatic amines is 1. The first-order chi connectivity index (χ1) is 15.3. The number of aryl methyl sites for hydroxylation is 2. The Labute approximate surface area is 186 Å². The fourth-order valence-electron chi connectivity index (χ4n) is 3.87. The Morgan fingerprint density at radius 1 is 1.12 bits per heavy atom. The van der Waals surface area contributed by atoms with Crippen molar-refractivity contribution in [3.05, 3.63) is 69.8 Å². The molecule has 0 spiro atoms. The highest BCUT2D eigenvalue weighted by atomic mass is 32.2. The summed E-state index contributed by atoms with van der Waals surface area (Å²) in [7, 11) is -3.58. The van der Waals surface area contributed by atoms with Gasteiger partial charge in [-0.3, -0.25) is 9.59 Å². The van der Waals surface area contributed by atoms with Gasteiger partial charge < -0.3 is 9.72 Å². The number of carbonyl (C=O) groups excluding carboxylic acids is 1. The van der Waals surface area contributed by atoms with Crippen LogP contribution in [0.3, 0.4) is 0 Å². The predicted molar refractivity (Wildman–Crippen MR) is 120 cm³/mol. The number of aromatic nitrogens is 2. The van der Waals surface area contributed by atoms with Crippen LogP contribution in [0.25, 0.3) is 10.9 Å². The summed E-state index contributed by atoms with van der Waals surface area (Å²) in [5.74, 6) is -0.525. The third-order valence-corrected chi connectivity index (χ3v) is 7.70. The minimum absolute atomic E-state index is 0.139. The van der Waals surface area contributed by atoms with Crippen molar-refractivity contribution in [2.45, 2.75) is 38.2 Å². The molecule has 0 amide bonds. The van der Waals surface area contributed by atoms with Crippen molar-refractivity contribution >= 4 is 26.9 Å². The van der Waals surface area contributed by atoms with Gasteiger partial charge in [0, 0.05) is 13.1 Å². The zero-order valence-electron chi connectivity index (χ0n) is 18.0. The summed E-state index contributed by atoms with van der Waals surface area (Å²) in [6, 6.07) is 12.1. The van der Waals surface area contributed by atoms with Gasteiger partial charge >= 0.3 is 5.97 Å². The third-order valence-electron chi connectivity index (χ3n) is 5.78. The average molecular weight is 456 g/mol. The van der Waals surface area contributed by atoms with Crippen LogP contribution in [-0.4, -0.2) is 41.7 Å². The lowest BCUT2D eigenvalue weighted by Gasteiger charge is -2.30. The van der Waals surface area contributed by atoms with Crippen LogP contribution in [0.15, 0.2) is 52.2 Å². The maximum absolute atomic E-state index is 12.8. The summed E-state index contributed by atoms with van der Waals surface area (Å²) >= 11 is 0. The minimum Gasteiger partial charge on any atom is -0.457 e. The Hall–Kier alpha value is -3.04. The molecule has 1 aromatic heterocycles. The fraction of sp³-hybridized carbons (Fsp3) is 0.348. The van der Waals surface area contributed by atoms with Crippen molar-refractivity contribution in [1.82, 2.24) is 14.3 Å². The Bertz CT molecular complexity index is 1310. The molecule has 9 heteroatoms. The lowest BCUT2D eigenvalue weighted by molar-refractivity contribution is -0.151. The number of nitrogens with one attached hydrogen (secondary N) is 1. The molecular weight excluding hydrogens is 430 g/mol. The van der Waals surface area contributed by atoms with Gasteiger partial charge in [0.05, 0.1) is 21.7 Å². The SMILES string of the molecule is Cc1ccc(S(=O)(=O)N2CCC(C(=O)OCc3nc4c(C)cccc4c(=O)[nH]3)CC2)cc1. The Balaban J connectivity index is 1.37. The molecule has 0 aliphatic carbocycles. The van der Waals surface area contributed by atoms with Crippen LogP contribution in [0.4, 0.5) is 0 Å². The Kier molecular flexibility index (Phi) is 6.12. The normalized spacial score (nSPS) is 15.7. The molecule has 32 heavy (non-hydrogen) atoms. The molecule has 1 fully saturated rings. The number of rotatable bonds is 5. The molecule has 4 rings (SSSR count). The second-order valence-electron chi connectivity index (χ2n) is 8.08. The maximum Gasteiger partial charge on any atom is 0.309 e. The van der Waals surface area contributed by atoms with Crippen molar-refractivity contribution in [1.29, 1.82) is 0 Å². The van der Waals surface area contributed by atoms with E-state index in [4.69, 9.17) is 4.74 Å². The van der Waals surface area contributed by atoms with Crippen molar-refractivity contribution < 1.29 is 17.9 Å². The number of piperidine rings is 1. The molecule has 2 heterocycles. The molecule has 3 aromatic rings. The van der Waals surface area contributed by atoms with E-state index in [1.165, 1.54) is 4.31 Å². The summed E-state index contributed by atoms with van der Waals surface area (Å²) in [4.78, 5) is 32.1. The van der Waals surface area contributed by atoms with Gasteiger partial charge in [-0.25, -0.2) is 13.4 Å². The number of sulfonamides is 1. The number of benzene rings is 2. The second-order valence-corrected chi connectivity index (χ2v) is 10.0. The monoisotopic (exact) mass is 455 g/mol. The van der Waals surface area contributed by atoms with Gasteiger partial charge in [0.2, 0.25) is 10.0 Å². The van der Waals surface area contributed by atoms with Gasteiger partial charge in [0.1, 0.15) is 12.4 Å². The highest BCUT2D eigenvalue weighted by Crippen LogP contribution is 2.25. The van der Waals surface area contributed by atoms with Gasteiger partial charge in [0.15, 0.2) is 0 Å². The van der Waals surface area contributed by atoms with Crippen LogP contribution in [0.1, 0.15) is 29.8 Å². The highest BCUT2D eigenvalue weighted by Gasteiger charge is 2.32. The average Bonchev–Trinajstić information content (AvgIpc) is 2.78. The van der Waals surface area contributed by atoms with E-state index in [1.54, 1.807) is 36.4 Å². The molecule has 1 N–H and O–H groups in total. The van der Waals surface area contributed by atoms with E-state index in [9.17, 15) is 18.0 Å². The summed E-state index contributed by atoms with van der Waals surface area (Å²) in [6.45, 7) is 4.13. The first kappa shape index (κ1) is 22.2. The third kappa shape index (κ3) is 4.44. The molecule has 0 atom stereocenters. The van der Waals surface area contributed by atoms with Crippen molar-refractivity contribution in [2.75, 3.05) is 13.1 Å². The molecular formula is C23H25N3O5S. The first-order valence-electron chi connectivity index (χ1n) is 10.5. The smallest absolute Gasteiger partial charge is 0.309 e. The molecule has 1 saturated heterocycles. The van der Waals surface area contributed by atoms with Crippen molar-refractivity contribution in [3.63, 3.8) is 0 Å². The van der Waals surface area contributed by atoms with Crippen LogP contribution in [0.2, 0.25) is 0 Å². The molecule has 0 saturated carbocycles. The molecule has 8 nitrogen and oxygen atoms in total. The number of carbonyl (C=O) groups is 1. The minimum atomic E-state index is -3.58. The Morgan fingerprint density at radius 3 is 2.50 bits per heavy atom. The largest absolute Gasteiger partial charge is 0.457 e.